The van der Waals surface area contributed by atoms with Gasteiger partial charge in [0.15, 0.2) is 0 Å². The number of sulfonamides is 1. The fourth-order valence-corrected chi connectivity index (χ4v) is 4.49. The van der Waals surface area contributed by atoms with Gasteiger partial charge in [-0.25, -0.2) is 8.42 Å². The first-order chi connectivity index (χ1) is 14.2. The molecule has 0 unspecified atom stereocenters. The highest BCUT2D eigenvalue weighted by molar-refractivity contribution is 7.92. The zero-order chi connectivity index (χ0) is 21.9. The van der Waals surface area contributed by atoms with E-state index in [4.69, 9.17) is 4.74 Å². The Morgan fingerprint density at radius 1 is 1.30 bits per heavy atom. The number of aryl methyl sites for hydroxylation is 1. The van der Waals surface area contributed by atoms with Gasteiger partial charge in [-0.05, 0) is 36.5 Å². The van der Waals surface area contributed by atoms with Gasteiger partial charge in [-0.1, -0.05) is 24.3 Å². The predicted octanol–water partition coefficient (Wildman–Crippen LogP) is 2.56. The lowest BCUT2D eigenvalue weighted by Gasteiger charge is -2.28. The molecule has 9 nitrogen and oxygen atoms in total. The van der Waals surface area contributed by atoms with E-state index in [0.29, 0.717) is 0 Å². The average molecular weight is 433 g/mol. The molecule has 0 heterocycles. The number of nitrogens with zero attached hydrogens (tertiary/aromatic N) is 2. The Morgan fingerprint density at radius 3 is 2.70 bits per heavy atom. The van der Waals surface area contributed by atoms with Crippen LogP contribution in [0.15, 0.2) is 42.5 Å². The predicted molar refractivity (Wildman–Crippen MR) is 112 cm³/mol. The Kier molecular flexibility index (Phi) is 6.25. The largest absolute Gasteiger partial charge is 0.495 e. The summed E-state index contributed by atoms with van der Waals surface area (Å²) in [5.41, 5.74) is 1.82. The lowest BCUT2D eigenvalue weighted by molar-refractivity contribution is -0.384. The maximum absolute atomic E-state index is 12.8. The van der Waals surface area contributed by atoms with Gasteiger partial charge >= 0.3 is 0 Å². The van der Waals surface area contributed by atoms with Crippen molar-refractivity contribution < 1.29 is 22.9 Å². The van der Waals surface area contributed by atoms with Gasteiger partial charge < -0.3 is 10.1 Å². The molecule has 0 radical (unpaired) electrons. The number of anilines is 1. The second-order valence-corrected chi connectivity index (χ2v) is 9.00. The smallest absolute Gasteiger partial charge is 0.271 e. The van der Waals surface area contributed by atoms with Crippen LogP contribution in [0.2, 0.25) is 0 Å². The van der Waals surface area contributed by atoms with E-state index in [-0.39, 0.29) is 23.2 Å². The summed E-state index contributed by atoms with van der Waals surface area (Å²) < 4.78 is 30.9. The third kappa shape index (κ3) is 4.70. The van der Waals surface area contributed by atoms with Gasteiger partial charge in [-0.15, -0.1) is 0 Å². The van der Waals surface area contributed by atoms with Crippen molar-refractivity contribution in [3.63, 3.8) is 0 Å². The molecule has 1 amide bonds. The van der Waals surface area contributed by atoms with Crippen molar-refractivity contribution >= 4 is 27.3 Å². The lowest BCUT2D eigenvalue weighted by atomic mass is 9.88. The number of carbonyl (C=O) groups is 1. The minimum atomic E-state index is -3.92. The number of hydrogen-bond donors (Lipinski definition) is 1. The molecule has 160 valence electrons. The molecule has 0 aromatic heterocycles. The van der Waals surface area contributed by atoms with Gasteiger partial charge in [0.05, 0.1) is 24.3 Å². The molecule has 1 N–H and O–H groups in total. The SMILES string of the molecule is COc1ccc([N+](=O)[O-])cc1N(CC(=O)N[C@@H]1CCCc2ccccc21)S(C)(=O)=O. The van der Waals surface area contributed by atoms with E-state index in [2.05, 4.69) is 5.32 Å². The average Bonchev–Trinajstić information content (AvgIpc) is 2.71. The summed E-state index contributed by atoms with van der Waals surface area (Å²) in [7, 11) is -2.60. The second-order valence-electron chi connectivity index (χ2n) is 7.09. The van der Waals surface area contributed by atoms with Crippen LogP contribution in [-0.2, 0) is 21.2 Å². The van der Waals surface area contributed by atoms with Crippen molar-refractivity contribution in [2.24, 2.45) is 0 Å². The summed E-state index contributed by atoms with van der Waals surface area (Å²) in [5, 5.41) is 14.0. The summed E-state index contributed by atoms with van der Waals surface area (Å²) in [6, 6.07) is 11.2. The molecular weight excluding hydrogens is 410 g/mol. The molecule has 0 saturated heterocycles. The molecule has 2 aromatic carbocycles. The molecule has 2 aromatic rings. The number of non-ortho nitro benzene ring substituents is 1. The number of hydrogen-bond acceptors (Lipinski definition) is 6. The number of nitrogens with one attached hydrogen (secondary N) is 1. The van der Waals surface area contributed by atoms with Gasteiger partial charge in [0.1, 0.15) is 18.0 Å². The fraction of sp³-hybridized carbons (Fsp3) is 0.350. The Labute approximate surface area is 174 Å². The fourth-order valence-electron chi connectivity index (χ4n) is 3.64. The molecule has 1 atom stereocenters. The zero-order valence-corrected chi connectivity index (χ0v) is 17.5. The minimum absolute atomic E-state index is 0.0617. The molecule has 10 heteroatoms. The van der Waals surface area contributed by atoms with Crippen LogP contribution in [0.4, 0.5) is 11.4 Å². The second kappa shape index (κ2) is 8.70. The number of ether oxygens (including phenoxy) is 1. The van der Waals surface area contributed by atoms with Crippen molar-refractivity contribution in [1.29, 1.82) is 0 Å². The molecule has 0 saturated carbocycles. The summed E-state index contributed by atoms with van der Waals surface area (Å²) >= 11 is 0. The number of rotatable bonds is 7. The molecular formula is C20H23N3O6S. The van der Waals surface area contributed by atoms with E-state index in [1.807, 2.05) is 24.3 Å². The van der Waals surface area contributed by atoms with E-state index in [1.54, 1.807) is 0 Å². The standard InChI is InChI=1S/C20H23N3O6S/c1-29-19-11-10-15(23(25)26)12-18(19)22(30(2,27)28)13-20(24)21-17-9-5-7-14-6-3-4-8-16(14)17/h3-4,6,8,10-12,17H,5,7,9,13H2,1-2H3,(H,21,24)/t17-/m1/s1. The first-order valence-electron chi connectivity index (χ1n) is 9.38. The van der Waals surface area contributed by atoms with Crippen molar-refractivity contribution in [3.05, 3.63) is 63.7 Å². The van der Waals surface area contributed by atoms with Gasteiger partial charge in [0.25, 0.3) is 5.69 Å². The van der Waals surface area contributed by atoms with Crippen LogP contribution in [0, 0.1) is 10.1 Å². The third-order valence-corrected chi connectivity index (χ3v) is 6.16. The molecule has 1 aliphatic rings. The maximum Gasteiger partial charge on any atom is 0.271 e. The molecule has 1 aliphatic carbocycles. The maximum atomic E-state index is 12.8. The van der Waals surface area contributed by atoms with Crippen molar-refractivity contribution in [1.82, 2.24) is 5.32 Å². The highest BCUT2D eigenvalue weighted by Gasteiger charge is 2.28. The number of amides is 1. The summed E-state index contributed by atoms with van der Waals surface area (Å²) in [6.07, 6.45) is 3.54. The Bertz CT molecular complexity index is 1070. The van der Waals surface area contributed by atoms with Gasteiger partial charge in [-0.3, -0.25) is 19.2 Å². The summed E-state index contributed by atoms with van der Waals surface area (Å²) in [4.78, 5) is 23.3. The number of carbonyl (C=O) groups excluding carboxylic acids is 1. The van der Waals surface area contributed by atoms with E-state index in [9.17, 15) is 23.3 Å². The van der Waals surface area contributed by atoms with E-state index < -0.39 is 27.4 Å². The van der Waals surface area contributed by atoms with E-state index >= 15 is 0 Å². The van der Waals surface area contributed by atoms with E-state index in [1.165, 1.54) is 19.2 Å². The van der Waals surface area contributed by atoms with Crippen LogP contribution < -0.4 is 14.4 Å². The first-order valence-corrected chi connectivity index (χ1v) is 11.2. The van der Waals surface area contributed by atoms with Crippen LogP contribution in [0.3, 0.4) is 0 Å². The van der Waals surface area contributed by atoms with Crippen LogP contribution in [0.25, 0.3) is 0 Å². The van der Waals surface area contributed by atoms with Crippen molar-refractivity contribution in [3.8, 4) is 5.75 Å². The lowest BCUT2D eigenvalue weighted by Crippen LogP contribution is -2.42. The van der Waals surface area contributed by atoms with Crippen molar-refractivity contribution in [2.45, 2.75) is 25.3 Å². The normalized spacial score (nSPS) is 15.7. The van der Waals surface area contributed by atoms with Gasteiger partial charge in [0.2, 0.25) is 15.9 Å². The third-order valence-electron chi connectivity index (χ3n) is 5.03. The monoisotopic (exact) mass is 433 g/mol. The molecule has 3 rings (SSSR count). The Balaban J connectivity index is 1.88. The molecule has 0 spiro atoms. The van der Waals surface area contributed by atoms with Crippen LogP contribution in [0.5, 0.6) is 5.75 Å². The number of nitro benzene ring substituents is 1. The van der Waals surface area contributed by atoms with E-state index in [0.717, 1.165) is 47.0 Å². The first kappa shape index (κ1) is 21.6. The Hall–Kier alpha value is -3.14. The highest BCUT2D eigenvalue weighted by atomic mass is 32.2. The number of methoxy groups -OCH3 is 1. The quantitative estimate of drug-likeness (QED) is 0.529. The zero-order valence-electron chi connectivity index (χ0n) is 16.7. The molecule has 30 heavy (non-hydrogen) atoms. The van der Waals surface area contributed by atoms with Crippen LogP contribution in [-0.4, -0.2) is 39.2 Å². The number of nitro groups is 1. The number of benzene rings is 2. The summed E-state index contributed by atoms with van der Waals surface area (Å²) in [5.74, 6) is -0.391. The molecule has 0 aliphatic heterocycles. The number of fused-ring (bicyclic) bond motifs is 1. The van der Waals surface area contributed by atoms with Crippen LogP contribution in [0.1, 0.15) is 30.0 Å². The minimum Gasteiger partial charge on any atom is -0.495 e. The van der Waals surface area contributed by atoms with Crippen molar-refractivity contribution in [2.75, 3.05) is 24.2 Å². The highest BCUT2D eigenvalue weighted by Crippen LogP contribution is 2.34. The molecule has 0 fully saturated rings. The summed E-state index contributed by atoms with van der Waals surface area (Å²) in [6.45, 7) is -0.519. The topological polar surface area (TPSA) is 119 Å². The van der Waals surface area contributed by atoms with Gasteiger partial charge in [0, 0.05) is 12.1 Å². The van der Waals surface area contributed by atoms with Crippen LogP contribution >= 0.6 is 0 Å². The Morgan fingerprint density at radius 2 is 2.03 bits per heavy atom. The molecule has 0 bridgehead atoms. The van der Waals surface area contributed by atoms with Gasteiger partial charge in [-0.2, -0.15) is 0 Å².